The predicted molar refractivity (Wildman–Crippen MR) is 99.8 cm³/mol. The van der Waals surface area contributed by atoms with Crippen LogP contribution in [0.4, 0.5) is 0 Å². The van der Waals surface area contributed by atoms with Gasteiger partial charge in [-0.05, 0) is 37.5 Å². The second kappa shape index (κ2) is 7.05. The molecule has 0 bridgehead atoms. The minimum Gasteiger partial charge on any atom is -0.322 e. The third-order valence-electron chi connectivity index (χ3n) is 5.87. The molecule has 1 aromatic rings. The minimum atomic E-state index is -0.555. The number of piperidine rings is 1. The van der Waals surface area contributed by atoms with Crippen molar-refractivity contribution in [2.45, 2.75) is 57.9 Å². The van der Waals surface area contributed by atoms with E-state index in [0.717, 1.165) is 25.2 Å². The van der Waals surface area contributed by atoms with Crippen LogP contribution < -0.4 is 10.6 Å². The summed E-state index contributed by atoms with van der Waals surface area (Å²) in [6.45, 7) is 7.68. The fourth-order valence-electron chi connectivity index (χ4n) is 4.28. The van der Waals surface area contributed by atoms with Gasteiger partial charge in [-0.15, -0.1) is 0 Å². The van der Waals surface area contributed by atoms with Crippen molar-refractivity contribution in [3.8, 4) is 0 Å². The Hall–Kier alpha value is -2.25. The Morgan fingerprint density at radius 1 is 1.19 bits per heavy atom. The van der Waals surface area contributed by atoms with Crippen molar-refractivity contribution >= 4 is 17.7 Å². The molecule has 2 N–H and O–H groups in total. The van der Waals surface area contributed by atoms with Crippen LogP contribution in [0, 0.1) is 0 Å². The number of benzene rings is 1. The fraction of sp³-hybridized carbons (Fsp3) is 0.550. The first kappa shape index (κ1) is 18.1. The molecule has 27 heavy (non-hydrogen) atoms. The third kappa shape index (κ3) is 3.49. The molecule has 4 rings (SSSR count). The molecule has 3 unspecified atom stereocenters. The highest BCUT2D eigenvalue weighted by Gasteiger charge is 2.39. The lowest BCUT2D eigenvalue weighted by atomic mass is 10.0. The van der Waals surface area contributed by atoms with Gasteiger partial charge in [-0.3, -0.25) is 24.6 Å². The fourth-order valence-corrected chi connectivity index (χ4v) is 4.28. The topological polar surface area (TPSA) is 81.8 Å². The molecule has 1 aromatic carbocycles. The lowest BCUT2D eigenvalue weighted by Crippen LogP contribution is -2.53. The molecule has 0 radical (unpaired) electrons. The SMILES string of the molecule is CC1CN(Cc2ccc3c(c2)CN(C2CCC(=O)NC2=O)C3=O)C(C)CN1. The highest BCUT2D eigenvalue weighted by atomic mass is 16.2. The maximum Gasteiger partial charge on any atom is 0.255 e. The highest BCUT2D eigenvalue weighted by Crippen LogP contribution is 2.28. The van der Waals surface area contributed by atoms with Crippen molar-refractivity contribution < 1.29 is 14.4 Å². The Morgan fingerprint density at radius 3 is 2.78 bits per heavy atom. The van der Waals surface area contributed by atoms with Crippen LogP contribution in [0.1, 0.15) is 48.2 Å². The summed E-state index contributed by atoms with van der Waals surface area (Å²) in [5.74, 6) is -0.742. The van der Waals surface area contributed by atoms with Crippen molar-refractivity contribution in [2.75, 3.05) is 13.1 Å². The van der Waals surface area contributed by atoms with Crippen LogP contribution in [0.2, 0.25) is 0 Å². The number of carbonyl (C=O) groups is 3. The lowest BCUT2D eigenvalue weighted by Gasteiger charge is -2.37. The van der Waals surface area contributed by atoms with E-state index in [1.807, 2.05) is 12.1 Å². The number of hydrogen-bond donors (Lipinski definition) is 2. The van der Waals surface area contributed by atoms with Crippen molar-refractivity contribution in [3.05, 3.63) is 34.9 Å². The minimum absolute atomic E-state index is 0.116. The van der Waals surface area contributed by atoms with Gasteiger partial charge < -0.3 is 10.2 Å². The van der Waals surface area contributed by atoms with E-state index in [-0.39, 0.29) is 24.1 Å². The summed E-state index contributed by atoms with van der Waals surface area (Å²) in [5, 5.41) is 5.83. The summed E-state index contributed by atoms with van der Waals surface area (Å²) < 4.78 is 0. The van der Waals surface area contributed by atoms with E-state index in [1.165, 1.54) is 5.56 Å². The lowest BCUT2D eigenvalue weighted by molar-refractivity contribution is -0.136. The average Bonchev–Trinajstić information content (AvgIpc) is 2.94. The van der Waals surface area contributed by atoms with Crippen LogP contribution >= 0.6 is 0 Å². The van der Waals surface area contributed by atoms with Gasteiger partial charge in [-0.25, -0.2) is 0 Å². The molecular formula is C20H26N4O3. The average molecular weight is 370 g/mol. The summed E-state index contributed by atoms with van der Waals surface area (Å²) in [6, 6.07) is 6.38. The number of hydrogen-bond acceptors (Lipinski definition) is 5. The molecule has 3 aliphatic rings. The van der Waals surface area contributed by atoms with Gasteiger partial charge in [-0.2, -0.15) is 0 Å². The van der Waals surface area contributed by atoms with Gasteiger partial charge in [0, 0.05) is 50.2 Å². The molecule has 3 amide bonds. The predicted octanol–water partition coefficient (Wildman–Crippen LogP) is 0.630. The summed E-state index contributed by atoms with van der Waals surface area (Å²) >= 11 is 0. The molecule has 0 spiro atoms. The number of amides is 3. The van der Waals surface area contributed by atoms with Crippen molar-refractivity contribution in [1.29, 1.82) is 0 Å². The molecule has 7 nitrogen and oxygen atoms in total. The molecule has 0 saturated carbocycles. The number of nitrogens with one attached hydrogen (secondary N) is 2. The maximum absolute atomic E-state index is 12.8. The van der Waals surface area contributed by atoms with Crippen LogP contribution in [0.15, 0.2) is 18.2 Å². The van der Waals surface area contributed by atoms with Crippen LogP contribution in [0.5, 0.6) is 0 Å². The quantitative estimate of drug-likeness (QED) is 0.763. The first-order valence-electron chi connectivity index (χ1n) is 9.66. The van der Waals surface area contributed by atoms with E-state index in [0.29, 0.717) is 30.6 Å². The molecular weight excluding hydrogens is 344 g/mol. The van der Waals surface area contributed by atoms with E-state index in [2.05, 4.69) is 35.4 Å². The maximum atomic E-state index is 12.8. The Bertz CT molecular complexity index is 793. The Kier molecular flexibility index (Phi) is 4.74. The molecule has 2 saturated heterocycles. The van der Waals surface area contributed by atoms with Gasteiger partial charge >= 0.3 is 0 Å². The van der Waals surface area contributed by atoms with Crippen molar-refractivity contribution in [1.82, 2.24) is 20.4 Å². The van der Waals surface area contributed by atoms with Crippen LogP contribution in [-0.2, 0) is 22.7 Å². The first-order valence-corrected chi connectivity index (χ1v) is 9.66. The summed E-state index contributed by atoms with van der Waals surface area (Å²) in [7, 11) is 0. The molecule has 3 heterocycles. The van der Waals surface area contributed by atoms with Gasteiger partial charge in [0.2, 0.25) is 11.8 Å². The molecule has 3 aliphatic heterocycles. The summed E-state index contributed by atoms with van der Waals surface area (Å²) in [4.78, 5) is 40.3. The van der Waals surface area contributed by atoms with Crippen LogP contribution in [0.3, 0.4) is 0 Å². The number of fused-ring (bicyclic) bond motifs is 1. The number of nitrogens with zero attached hydrogens (tertiary/aromatic N) is 2. The van der Waals surface area contributed by atoms with Gasteiger partial charge in [0.1, 0.15) is 6.04 Å². The van der Waals surface area contributed by atoms with Crippen molar-refractivity contribution in [2.24, 2.45) is 0 Å². The Labute approximate surface area is 159 Å². The molecule has 2 fully saturated rings. The number of carbonyl (C=O) groups excluding carboxylic acids is 3. The van der Waals surface area contributed by atoms with Crippen molar-refractivity contribution in [3.63, 3.8) is 0 Å². The first-order chi connectivity index (χ1) is 12.9. The monoisotopic (exact) mass is 370 g/mol. The van der Waals surface area contributed by atoms with E-state index < -0.39 is 6.04 Å². The second-order valence-corrected chi connectivity index (χ2v) is 7.98. The molecule has 7 heteroatoms. The molecule has 0 aliphatic carbocycles. The summed E-state index contributed by atoms with van der Waals surface area (Å²) in [5.41, 5.74) is 2.83. The number of imide groups is 1. The second-order valence-electron chi connectivity index (χ2n) is 7.98. The molecule has 144 valence electrons. The Morgan fingerprint density at radius 2 is 2.00 bits per heavy atom. The van der Waals surface area contributed by atoms with E-state index in [9.17, 15) is 14.4 Å². The van der Waals surface area contributed by atoms with E-state index in [1.54, 1.807) is 4.90 Å². The van der Waals surface area contributed by atoms with Gasteiger partial charge in [0.05, 0.1) is 0 Å². The van der Waals surface area contributed by atoms with Gasteiger partial charge in [-0.1, -0.05) is 12.1 Å². The van der Waals surface area contributed by atoms with E-state index >= 15 is 0 Å². The standard InChI is InChI=1S/C20H26N4O3/c1-12-9-23(13(2)8-21-12)10-14-3-4-16-15(7-14)11-24(20(16)27)17-5-6-18(25)22-19(17)26/h3-4,7,12-13,17,21H,5-6,8-11H2,1-2H3,(H,22,25,26). The highest BCUT2D eigenvalue weighted by molar-refractivity contribution is 6.05. The van der Waals surface area contributed by atoms with Gasteiger partial charge in [0.25, 0.3) is 5.91 Å². The smallest absolute Gasteiger partial charge is 0.255 e. The zero-order valence-corrected chi connectivity index (χ0v) is 15.8. The third-order valence-corrected chi connectivity index (χ3v) is 5.87. The molecule has 3 atom stereocenters. The largest absolute Gasteiger partial charge is 0.322 e. The van der Waals surface area contributed by atoms with Gasteiger partial charge in [0.15, 0.2) is 0 Å². The molecule has 0 aromatic heterocycles. The van der Waals surface area contributed by atoms with Crippen LogP contribution in [-0.4, -0.2) is 58.7 Å². The number of rotatable bonds is 3. The van der Waals surface area contributed by atoms with Crippen LogP contribution in [0.25, 0.3) is 0 Å². The summed E-state index contributed by atoms with van der Waals surface area (Å²) in [6.07, 6.45) is 0.675. The normalized spacial score (nSPS) is 29.0. The zero-order chi connectivity index (χ0) is 19.1. The zero-order valence-electron chi connectivity index (χ0n) is 15.8. The Balaban J connectivity index is 1.49. The van der Waals surface area contributed by atoms with E-state index in [4.69, 9.17) is 0 Å². The number of piperazine rings is 1.